The third-order valence-corrected chi connectivity index (χ3v) is 7.94. The van der Waals surface area contributed by atoms with Gasteiger partial charge in [-0.25, -0.2) is 15.0 Å². The molecule has 0 aliphatic carbocycles. The Morgan fingerprint density at radius 3 is 2.58 bits per heavy atom. The van der Waals surface area contributed by atoms with Crippen LogP contribution in [0.4, 0.5) is 11.8 Å². The van der Waals surface area contributed by atoms with Crippen LogP contribution in [-0.2, 0) is 16.1 Å². The van der Waals surface area contributed by atoms with Crippen LogP contribution in [0.25, 0.3) is 11.3 Å². The fourth-order valence-electron chi connectivity index (χ4n) is 4.88. The maximum absolute atomic E-state index is 12.7. The van der Waals surface area contributed by atoms with Gasteiger partial charge in [-0.1, -0.05) is 35.3 Å². The Morgan fingerprint density at radius 2 is 1.91 bits per heavy atom. The normalized spacial score (nSPS) is 16.1. The lowest BCUT2D eigenvalue weighted by molar-refractivity contribution is -0.111. The summed E-state index contributed by atoms with van der Waals surface area (Å²) in [6, 6.07) is 7.09. The van der Waals surface area contributed by atoms with Crippen LogP contribution in [0.1, 0.15) is 54.2 Å². The van der Waals surface area contributed by atoms with Crippen molar-refractivity contribution in [1.82, 2.24) is 25.2 Å². The fourth-order valence-corrected chi connectivity index (χ4v) is 5.32. The van der Waals surface area contributed by atoms with Crippen LogP contribution in [0.2, 0.25) is 10.0 Å². The molecule has 0 saturated carbocycles. The quantitative estimate of drug-likeness (QED) is 0.239. The summed E-state index contributed by atoms with van der Waals surface area (Å²) in [4.78, 5) is 38.3. The second kappa shape index (κ2) is 15.4. The summed E-state index contributed by atoms with van der Waals surface area (Å²) >= 11 is 12.4. The van der Waals surface area contributed by atoms with Gasteiger partial charge in [0, 0.05) is 49.7 Å². The highest BCUT2D eigenvalue weighted by Crippen LogP contribution is 2.32. The fraction of sp³-hybridized carbons (Fsp3) is 0.433. The number of ether oxygens (including phenoxy) is 1. The zero-order chi connectivity index (χ0) is 30.9. The number of likely N-dealkylation sites (N-methyl/N-ethyl adjacent to an activating group) is 1. The molecule has 1 fully saturated rings. The lowest BCUT2D eigenvalue weighted by Crippen LogP contribution is -2.34. The van der Waals surface area contributed by atoms with Gasteiger partial charge in [0.1, 0.15) is 12.1 Å². The molecule has 2 aromatic heterocycles. The molecule has 11 nitrogen and oxygen atoms in total. The summed E-state index contributed by atoms with van der Waals surface area (Å²) in [7, 11) is 1.78. The van der Waals surface area contributed by atoms with E-state index in [1.807, 2.05) is 25.1 Å². The number of aromatic nitrogens is 3. The van der Waals surface area contributed by atoms with E-state index in [0.29, 0.717) is 33.8 Å². The van der Waals surface area contributed by atoms with E-state index in [-0.39, 0.29) is 24.6 Å². The first-order chi connectivity index (χ1) is 20.8. The first-order valence-electron chi connectivity index (χ1n) is 14.2. The topological polar surface area (TPSA) is 142 Å². The first-order valence-corrected chi connectivity index (χ1v) is 15.0. The number of carbonyl (C=O) groups excluding carboxylic acids is 2. The number of amides is 1. The predicted octanol–water partition coefficient (Wildman–Crippen LogP) is 4.35. The van der Waals surface area contributed by atoms with Gasteiger partial charge in [0.05, 0.1) is 40.6 Å². The molecule has 0 bridgehead atoms. The minimum absolute atomic E-state index is 0.00575. The number of aliphatic hydroxyl groups excluding tert-OH is 1. The molecule has 0 spiro atoms. The highest BCUT2D eigenvalue weighted by atomic mass is 35.5. The number of benzene rings is 1. The standard InChI is InChI=1S/C20H21ClN4O3.C10H16ClN3O/c1-12(11-26)25-10-14-3-2-13(8-16(14)19(25)27)18-17(21)9-22-20(24-18)23-15-4-6-28-7-5-15;1-3-13-10-4-7(8(11)5-14-10)9(6-15)12-2/h2-3,8-9,11-12,15H,4-7,10H2,1H3,(H,22,23,24);4-5,9,12,15H,3,6H2,1-2H3,(H,13,14). The van der Waals surface area contributed by atoms with Crippen LogP contribution in [0.5, 0.6) is 0 Å². The van der Waals surface area contributed by atoms with Crippen LogP contribution in [-0.4, -0.2) is 82.6 Å². The number of rotatable bonds is 10. The Hall–Kier alpha value is -3.35. The highest BCUT2D eigenvalue weighted by molar-refractivity contribution is 6.33. The number of fused-ring (bicyclic) bond motifs is 1. The lowest BCUT2D eigenvalue weighted by atomic mass is 10.0. The van der Waals surface area contributed by atoms with Gasteiger partial charge in [-0.15, -0.1) is 0 Å². The summed E-state index contributed by atoms with van der Waals surface area (Å²) < 4.78 is 5.38. The number of nitrogens with one attached hydrogen (secondary N) is 3. The average Bonchev–Trinajstić information content (AvgIpc) is 3.36. The van der Waals surface area contributed by atoms with Crippen molar-refractivity contribution >= 4 is 47.2 Å². The number of anilines is 2. The molecular weight excluding hydrogens is 593 g/mol. The average molecular weight is 631 g/mol. The number of hydrogen-bond acceptors (Lipinski definition) is 10. The van der Waals surface area contributed by atoms with E-state index in [2.05, 4.69) is 30.9 Å². The molecule has 0 radical (unpaired) electrons. The number of nitrogens with zero attached hydrogens (tertiary/aromatic N) is 4. The van der Waals surface area contributed by atoms with E-state index in [9.17, 15) is 9.59 Å². The second-order valence-electron chi connectivity index (χ2n) is 10.2. The summed E-state index contributed by atoms with van der Waals surface area (Å²) in [6.07, 6.45) is 5.75. The van der Waals surface area contributed by atoms with Gasteiger partial charge in [-0.3, -0.25) is 4.79 Å². The Labute approximate surface area is 261 Å². The van der Waals surface area contributed by atoms with E-state index in [4.69, 9.17) is 33.0 Å². The Morgan fingerprint density at radius 1 is 1.16 bits per heavy atom. The van der Waals surface area contributed by atoms with E-state index < -0.39 is 6.04 Å². The summed E-state index contributed by atoms with van der Waals surface area (Å²) in [6.45, 7) is 6.40. The molecule has 2 atom stereocenters. The molecule has 230 valence electrons. The Balaban J connectivity index is 0.000000239. The number of aliphatic hydroxyl groups is 1. The van der Waals surface area contributed by atoms with E-state index in [1.54, 1.807) is 37.3 Å². The van der Waals surface area contributed by atoms with Crippen molar-refractivity contribution in [2.45, 2.75) is 51.4 Å². The van der Waals surface area contributed by atoms with Gasteiger partial charge >= 0.3 is 0 Å². The second-order valence-corrected chi connectivity index (χ2v) is 11.1. The first kappa shape index (κ1) is 32.6. The van der Waals surface area contributed by atoms with Gasteiger partial charge < -0.3 is 35.5 Å². The van der Waals surface area contributed by atoms with Gasteiger partial charge in [0.15, 0.2) is 0 Å². The van der Waals surface area contributed by atoms with Crippen LogP contribution in [0.3, 0.4) is 0 Å². The number of hydrogen-bond donors (Lipinski definition) is 4. The number of carbonyl (C=O) groups is 2. The third-order valence-electron chi connectivity index (χ3n) is 7.35. The zero-order valence-corrected chi connectivity index (χ0v) is 26.0. The molecule has 1 aromatic carbocycles. The molecule has 3 aromatic rings. The van der Waals surface area contributed by atoms with E-state index >= 15 is 0 Å². The molecule has 2 unspecified atom stereocenters. The van der Waals surface area contributed by atoms with Gasteiger partial charge in [-0.2, -0.15) is 0 Å². The number of halogens is 2. The van der Waals surface area contributed by atoms with Crippen molar-refractivity contribution in [2.75, 3.05) is 44.0 Å². The monoisotopic (exact) mass is 629 g/mol. The molecule has 1 saturated heterocycles. The van der Waals surface area contributed by atoms with Crippen LogP contribution in [0.15, 0.2) is 36.7 Å². The molecule has 13 heteroatoms. The minimum Gasteiger partial charge on any atom is -0.394 e. The number of pyridine rings is 1. The summed E-state index contributed by atoms with van der Waals surface area (Å²) in [5, 5.41) is 19.6. The van der Waals surface area contributed by atoms with Crippen molar-refractivity contribution in [3.8, 4) is 11.3 Å². The minimum atomic E-state index is -0.457. The molecule has 2 aliphatic heterocycles. The van der Waals surface area contributed by atoms with E-state index in [0.717, 1.165) is 61.4 Å². The van der Waals surface area contributed by atoms with Crippen molar-refractivity contribution in [1.29, 1.82) is 0 Å². The van der Waals surface area contributed by atoms with Crippen LogP contribution in [0, 0.1) is 0 Å². The largest absolute Gasteiger partial charge is 0.394 e. The van der Waals surface area contributed by atoms with Crippen LogP contribution >= 0.6 is 23.2 Å². The summed E-state index contributed by atoms with van der Waals surface area (Å²) in [5.41, 5.74) is 3.65. The zero-order valence-electron chi connectivity index (χ0n) is 24.4. The maximum atomic E-state index is 12.7. The molecule has 5 rings (SSSR count). The lowest BCUT2D eigenvalue weighted by Gasteiger charge is -2.23. The Kier molecular flexibility index (Phi) is 11.7. The van der Waals surface area contributed by atoms with Gasteiger partial charge in [0.2, 0.25) is 5.95 Å². The predicted molar refractivity (Wildman–Crippen MR) is 168 cm³/mol. The highest BCUT2D eigenvalue weighted by Gasteiger charge is 2.31. The van der Waals surface area contributed by atoms with Crippen molar-refractivity contribution in [2.24, 2.45) is 0 Å². The molecule has 2 aliphatic rings. The maximum Gasteiger partial charge on any atom is 0.255 e. The van der Waals surface area contributed by atoms with Gasteiger partial charge in [0.25, 0.3) is 5.91 Å². The Bertz CT molecular complexity index is 1420. The van der Waals surface area contributed by atoms with Crippen molar-refractivity contribution < 1.29 is 19.4 Å². The number of aldehydes is 1. The molecule has 43 heavy (non-hydrogen) atoms. The smallest absolute Gasteiger partial charge is 0.255 e. The third kappa shape index (κ3) is 7.98. The van der Waals surface area contributed by atoms with Crippen molar-refractivity contribution in [3.63, 3.8) is 0 Å². The van der Waals surface area contributed by atoms with E-state index in [1.165, 1.54) is 0 Å². The van der Waals surface area contributed by atoms with Crippen molar-refractivity contribution in [3.05, 3.63) is 63.4 Å². The molecule has 4 N–H and O–H groups in total. The van der Waals surface area contributed by atoms with Crippen LogP contribution < -0.4 is 16.0 Å². The molecular formula is C30H37Cl2N7O4. The molecule has 1 amide bonds. The SMILES string of the molecule is CC(C=O)N1Cc2ccc(-c3nc(NC4CCOCC4)ncc3Cl)cc2C1=O.CCNc1cc(C(CO)NC)c(Cl)cn1. The summed E-state index contributed by atoms with van der Waals surface area (Å²) in [5.74, 6) is 1.13. The van der Waals surface area contributed by atoms with Gasteiger partial charge in [-0.05, 0) is 57.0 Å². The molecule has 4 heterocycles.